The van der Waals surface area contributed by atoms with E-state index in [4.69, 9.17) is 9.97 Å². The Morgan fingerprint density at radius 3 is 1.43 bits per heavy atom. The van der Waals surface area contributed by atoms with E-state index >= 15 is 0 Å². The average molecular weight is 585 g/mol. The first kappa shape index (κ1) is 26.3. The molecule has 0 amide bonds. The zero-order valence-electron chi connectivity index (χ0n) is 25.1. The Morgan fingerprint density at radius 1 is 0.261 bits per heavy atom. The van der Waals surface area contributed by atoms with Crippen LogP contribution in [0.3, 0.4) is 0 Å². The van der Waals surface area contributed by atoms with Gasteiger partial charge in [0.15, 0.2) is 5.82 Å². The maximum absolute atomic E-state index is 5.05. The SMILES string of the molecule is c1ccc(-c2nc(-c3ccc(-c4cccc(-c5ccc6c7ccccc7c7ccccc7c6c5)c4)cc3)nc3ccccc23)cc1. The fourth-order valence-electron chi connectivity index (χ4n) is 6.80. The Kier molecular flexibility index (Phi) is 6.17. The maximum atomic E-state index is 5.05. The van der Waals surface area contributed by atoms with Crippen molar-refractivity contribution in [1.29, 1.82) is 0 Å². The molecule has 0 atom stereocenters. The van der Waals surface area contributed by atoms with Crippen molar-refractivity contribution in [2.45, 2.75) is 0 Å². The molecular weight excluding hydrogens is 556 g/mol. The molecule has 0 saturated heterocycles. The first-order chi connectivity index (χ1) is 22.8. The van der Waals surface area contributed by atoms with Crippen LogP contribution in [-0.2, 0) is 0 Å². The van der Waals surface area contributed by atoms with Crippen molar-refractivity contribution in [2.24, 2.45) is 0 Å². The molecule has 0 spiro atoms. The molecule has 0 aliphatic heterocycles. The second-order valence-corrected chi connectivity index (χ2v) is 11.8. The zero-order chi connectivity index (χ0) is 30.5. The average Bonchev–Trinajstić information content (AvgIpc) is 3.15. The van der Waals surface area contributed by atoms with Gasteiger partial charge in [-0.3, -0.25) is 0 Å². The van der Waals surface area contributed by atoms with Crippen molar-refractivity contribution < 1.29 is 0 Å². The van der Waals surface area contributed by atoms with Gasteiger partial charge in [-0.15, -0.1) is 0 Å². The van der Waals surface area contributed by atoms with Crippen molar-refractivity contribution in [3.05, 3.63) is 170 Å². The van der Waals surface area contributed by atoms with Gasteiger partial charge in [0.2, 0.25) is 0 Å². The van der Waals surface area contributed by atoms with Crippen molar-refractivity contribution >= 4 is 43.2 Å². The van der Waals surface area contributed by atoms with Gasteiger partial charge in [0.05, 0.1) is 11.2 Å². The van der Waals surface area contributed by atoms with Crippen LogP contribution in [-0.4, -0.2) is 9.97 Å². The van der Waals surface area contributed by atoms with E-state index in [9.17, 15) is 0 Å². The summed E-state index contributed by atoms with van der Waals surface area (Å²) in [6.45, 7) is 0. The van der Waals surface area contributed by atoms with E-state index in [2.05, 4.69) is 152 Å². The zero-order valence-corrected chi connectivity index (χ0v) is 25.1. The van der Waals surface area contributed by atoms with E-state index in [1.54, 1.807) is 0 Å². The fourth-order valence-corrected chi connectivity index (χ4v) is 6.80. The lowest BCUT2D eigenvalue weighted by atomic mass is 9.91. The highest BCUT2D eigenvalue weighted by Crippen LogP contribution is 2.38. The summed E-state index contributed by atoms with van der Waals surface area (Å²) in [6.07, 6.45) is 0. The molecule has 0 N–H and O–H groups in total. The second kappa shape index (κ2) is 10.8. The quantitative estimate of drug-likeness (QED) is 0.192. The summed E-state index contributed by atoms with van der Waals surface area (Å²) in [4.78, 5) is 9.99. The van der Waals surface area contributed by atoms with Crippen LogP contribution in [0.2, 0.25) is 0 Å². The summed E-state index contributed by atoms with van der Waals surface area (Å²) in [7, 11) is 0. The number of para-hydroxylation sites is 1. The highest BCUT2D eigenvalue weighted by molar-refractivity contribution is 6.25. The van der Waals surface area contributed by atoms with Gasteiger partial charge in [-0.25, -0.2) is 9.97 Å². The number of aromatic nitrogens is 2. The number of fused-ring (bicyclic) bond motifs is 7. The number of hydrogen-bond acceptors (Lipinski definition) is 2. The minimum absolute atomic E-state index is 0.730. The summed E-state index contributed by atoms with van der Waals surface area (Å²) < 4.78 is 0. The summed E-state index contributed by atoms with van der Waals surface area (Å²) in [5, 5.41) is 8.81. The largest absolute Gasteiger partial charge is 0.228 e. The van der Waals surface area contributed by atoms with Crippen LogP contribution in [0, 0.1) is 0 Å². The summed E-state index contributed by atoms with van der Waals surface area (Å²) in [6, 6.07) is 60.4. The number of hydrogen-bond donors (Lipinski definition) is 0. The lowest BCUT2D eigenvalue weighted by molar-refractivity contribution is 1.23. The van der Waals surface area contributed by atoms with Crippen molar-refractivity contribution in [2.75, 3.05) is 0 Å². The van der Waals surface area contributed by atoms with E-state index in [-0.39, 0.29) is 0 Å². The highest BCUT2D eigenvalue weighted by Gasteiger charge is 2.13. The maximum Gasteiger partial charge on any atom is 0.160 e. The van der Waals surface area contributed by atoms with Crippen molar-refractivity contribution in [3.63, 3.8) is 0 Å². The monoisotopic (exact) mass is 584 g/mol. The molecule has 0 aliphatic rings. The van der Waals surface area contributed by atoms with Crippen LogP contribution in [0.5, 0.6) is 0 Å². The number of nitrogens with zero attached hydrogens (tertiary/aromatic N) is 2. The van der Waals surface area contributed by atoms with Crippen molar-refractivity contribution in [1.82, 2.24) is 9.97 Å². The highest BCUT2D eigenvalue weighted by atomic mass is 14.9. The van der Waals surface area contributed by atoms with Gasteiger partial charge < -0.3 is 0 Å². The van der Waals surface area contributed by atoms with Crippen LogP contribution in [0.25, 0.3) is 88.1 Å². The second-order valence-electron chi connectivity index (χ2n) is 11.8. The Hall–Kier alpha value is -6.12. The van der Waals surface area contributed by atoms with Gasteiger partial charge in [-0.2, -0.15) is 0 Å². The topological polar surface area (TPSA) is 25.8 Å². The standard InChI is InChI=1S/C44H28N2/c1-2-11-30(12-3-1)43-40-19-8-9-20-42(40)45-44(46-43)31-23-21-29(22-24-31)32-13-10-14-33(27-32)34-25-26-39-37-17-5-4-15-35(37)36-16-6-7-18-38(36)41(39)28-34/h1-28H. The third-order valence-corrected chi connectivity index (χ3v) is 9.07. The molecule has 0 unspecified atom stereocenters. The molecule has 0 fully saturated rings. The first-order valence-electron chi connectivity index (χ1n) is 15.7. The third kappa shape index (κ3) is 4.43. The molecule has 0 radical (unpaired) electrons. The molecule has 46 heavy (non-hydrogen) atoms. The third-order valence-electron chi connectivity index (χ3n) is 9.07. The molecule has 9 aromatic rings. The molecule has 8 aromatic carbocycles. The molecule has 2 nitrogen and oxygen atoms in total. The molecule has 0 bridgehead atoms. The van der Waals surface area contributed by atoms with Crippen LogP contribution in [0.15, 0.2) is 170 Å². The molecule has 0 aliphatic carbocycles. The van der Waals surface area contributed by atoms with Crippen molar-refractivity contribution in [3.8, 4) is 44.9 Å². The molecule has 214 valence electrons. The lowest BCUT2D eigenvalue weighted by Gasteiger charge is -2.13. The molecule has 1 aromatic heterocycles. The van der Waals surface area contributed by atoms with E-state index in [1.807, 2.05) is 18.2 Å². The number of rotatable bonds is 4. The summed E-state index contributed by atoms with van der Waals surface area (Å²) in [5.41, 5.74) is 8.73. The van der Waals surface area contributed by atoms with Gasteiger partial charge in [-0.05, 0) is 72.8 Å². The van der Waals surface area contributed by atoms with E-state index in [0.29, 0.717) is 0 Å². The Bertz CT molecular complexity index is 2530. The van der Waals surface area contributed by atoms with Gasteiger partial charge >= 0.3 is 0 Å². The van der Waals surface area contributed by atoms with E-state index in [0.717, 1.165) is 39.1 Å². The summed E-state index contributed by atoms with van der Waals surface area (Å²) in [5.74, 6) is 0.730. The van der Waals surface area contributed by atoms with Gasteiger partial charge in [-0.1, -0.05) is 152 Å². The first-order valence-corrected chi connectivity index (χ1v) is 15.7. The normalized spacial score (nSPS) is 11.5. The molecule has 2 heteroatoms. The number of benzene rings is 8. The molecule has 0 saturated carbocycles. The van der Waals surface area contributed by atoms with Crippen LogP contribution < -0.4 is 0 Å². The predicted molar refractivity (Wildman–Crippen MR) is 194 cm³/mol. The van der Waals surface area contributed by atoms with E-state index < -0.39 is 0 Å². The molecule has 9 rings (SSSR count). The van der Waals surface area contributed by atoms with Crippen LogP contribution in [0.4, 0.5) is 0 Å². The van der Waals surface area contributed by atoms with Crippen LogP contribution in [0.1, 0.15) is 0 Å². The smallest absolute Gasteiger partial charge is 0.160 e. The predicted octanol–water partition coefficient (Wildman–Crippen LogP) is 11.8. The van der Waals surface area contributed by atoms with Gasteiger partial charge in [0.25, 0.3) is 0 Å². The Morgan fingerprint density at radius 2 is 0.739 bits per heavy atom. The molecular formula is C44H28N2. The van der Waals surface area contributed by atoms with Gasteiger partial charge in [0.1, 0.15) is 0 Å². The Labute approximate surface area is 267 Å². The lowest BCUT2D eigenvalue weighted by Crippen LogP contribution is -1.95. The summed E-state index contributed by atoms with van der Waals surface area (Å²) >= 11 is 0. The minimum Gasteiger partial charge on any atom is -0.228 e. The van der Waals surface area contributed by atoms with E-state index in [1.165, 1.54) is 49.0 Å². The Balaban J connectivity index is 1.10. The van der Waals surface area contributed by atoms with Gasteiger partial charge in [0, 0.05) is 16.5 Å². The molecule has 1 heterocycles. The van der Waals surface area contributed by atoms with Crippen LogP contribution >= 0.6 is 0 Å². The fraction of sp³-hybridized carbons (Fsp3) is 0. The minimum atomic E-state index is 0.730.